The number of hydrazine groups is 1. The second-order valence-electron chi connectivity index (χ2n) is 4.66. The molecule has 0 aliphatic carbocycles. The Morgan fingerprint density at radius 3 is 3.00 bits per heavy atom. The summed E-state index contributed by atoms with van der Waals surface area (Å²) in [6.07, 6.45) is 1.25. The second kappa shape index (κ2) is 5.29. The highest BCUT2D eigenvalue weighted by molar-refractivity contribution is 5.41. The molecule has 2 rings (SSSR count). The monoisotopic (exact) mass is 236 g/mol. The van der Waals surface area contributed by atoms with Crippen molar-refractivity contribution in [3.63, 3.8) is 0 Å². The summed E-state index contributed by atoms with van der Waals surface area (Å²) in [6.45, 7) is 5.21. The summed E-state index contributed by atoms with van der Waals surface area (Å²) in [7, 11) is 2.16. The van der Waals surface area contributed by atoms with Crippen molar-refractivity contribution in [3.8, 4) is 0 Å². The zero-order chi connectivity index (χ0) is 12.3. The Morgan fingerprint density at radius 1 is 1.53 bits per heavy atom. The molecule has 17 heavy (non-hydrogen) atoms. The first-order chi connectivity index (χ1) is 8.17. The maximum atomic E-state index is 5.31. The van der Waals surface area contributed by atoms with Crippen LogP contribution in [0.25, 0.3) is 0 Å². The van der Waals surface area contributed by atoms with Gasteiger partial charge in [-0.05, 0) is 32.9 Å². The summed E-state index contributed by atoms with van der Waals surface area (Å²) < 4.78 is 0. The molecule has 0 aromatic carbocycles. The van der Waals surface area contributed by atoms with E-state index in [4.69, 9.17) is 5.84 Å². The second-order valence-corrected chi connectivity index (χ2v) is 4.66. The van der Waals surface area contributed by atoms with Crippen LogP contribution >= 0.6 is 0 Å². The third kappa shape index (κ3) is 3.28. The van der Waals surface area contributed by atoms with Gasteiger partial charge < -0.3 is 10.2 Å². The number of hydrogen-bond donors (Lipinski definition) is 3. The van der Waals surface area contributed by atoms with E-state index in [2.05, 4.69) is 32.7 Å². The van der Waals surface area contributed by atoms with Gasteiger partial charge in [0.2, 0.25) is 5.95 Å². The van der Waals surface area contributed by atoms with Crippen molar-refractivity contribution >= 4 is 11.8 Å². The van der Waals surface area contributed by atoms with Gasteiger partial charge in [-0.1, -0.05) is 0 Å². The summed E-state index contributed by atoms with van der Waals surface area (Å²) >= 11 is 0. The van der Waals surface area contributed by atoms with Crippen LogP contribution in [0.2, 0.25) is 0 Å². The molecule has 94 valence electrons. The minimum Gasteiger partial charge on any atom is -0.370 e. The first-order valence-electron chi connectivity index (χ1n) is 5.92. The molecule has 0 saturated carbocycles. The third-order valence-electron chi connectivity index (χ3n) is 3.04. The molecule has 1 atom stereocenters. The lowest BCUT2D eigenvalue weighted by molar-refractivity contribution is 0.399. The number of rotatable bonds is 4. The van der Waals surface area contributed by atoms with Crippen LogP contribution in [0.3, 0.4) is 0 Å². The van der Waals surface area contributed by atoms with Gasteiger partial charge in [-0.3, -0.25) is 5.43 Å². The molecular weight excluding hydrogens is 216 g/mol. The molecular formula is C11H20N6. The molecule has 0 bridgehead atoms. The molecule has 1 aliphatic rings. The number of aryl methyl sites for hydroxylation is 1. The first kappa shape index (κ1) is 12.1. The summed E-state index contributed by atoms with van der Waals surface area (Å²) in [5, 5.41) is 3.35. The largest absolute Gasteiger partial charge is 0.370 e. The number of nitrogens with one attached hydrogen (secondary N) is 2. The maximum absolute atomic E-state index is 5.31. The minimum absolute atomic E-state index is 0.455. The molecule has 0 spiro atoms. The Hall–Kier alpha value is -1.40. The van der Waals surface area contributed by atoms with Gasteiger partial charge in [0.1, 0.15) is 5.82 Å². The SMILES string of the molecule is Cc1cc(NCC2CCN(C)C2)nc(NN)n1. The average Bonchev–Trinajstić information content (AvgIpc) is 2.72. The molecule has 2 heterocycles. The van der Waals surface area contributed by atoms with Crippen molar-refractivity contribution in [2.45, 2.75) is 13.3 Å². The molecule has 1 aliphatic heterocycles. The van der Waals surface area contributed by atoms with Crippen molar-refractivity contribution in [2.75, 3.05) is 37.4 Å². The van der Waals surface area contributed by atoms with Gasteiger partial charge in [-0.15, -0.1) is 0 Å². The third-order valence-corrected chi connectivity index (χ3v) is 3.04. The van der Waals surface area contributed by atoms with Crippen LogP contribution in [-0.4, -0.2) is 41.5 Å². The summed E-state index contributed by atoms with van der Waals surface area (Å²) in [4.78, 5) is 10.8. The maximum Gasteiger partial charge on any atom is 0.239 e. The van der Waals surface area contributed by atoms with Crippen molar-refractivity contribution in [1.29, 1.82) is 0 Å². The lowest BCUT2D eigenvalue weighted by Crippen LogP contribution is -2.20. The van der Waals surface area contributed by atoms with E-state index in [1.54, 1.807) is 0 Å². The topological polar surface area (TPSA) is 79.1 Å². The Balaban J connectivity index is 1.92. The smallest absolute Gasteiger partial charge is 0.239 e. The Morgan fingerprint density at radius 2 is 2.35 bits per heavy atom. The molecule has 1 aromatic rings. The fourth-order valence-corrected chi connectivity index (χ4v) is 2.17. The van der Waals surface area contributed by atoms with E-state index in [-0.39, 0.29) is 0 Å². The van der Waals surface area contributed by atoms with E-state index in [0.29, 0.717) is 11.9 Å². The van der Waals surface area contributed by atoms with Crippen LogP contribution in [0.5, 0.6) is 0 Å². The molecule has 0 radical (unpaired) electrons. The normalized spacial score (nSPS) is 20.5. The molecule has 0 amide bonds. The Labute approximate surface area is 102 Å². The van der Waals surface area contributed by atoms with Crippen molar-refractivity contribution in [3.05, 3.63) is 11.8 Å². The van der Waals surface area contributed by atoms with E-state index in [1.807, 2.05) is 13.0 Å². The van der Waals surface area contributed by atoms with E-state index >= 15 is 0 Å². The number of aromatic nitrogens is 2. The van der Waals surface area contributed by atoms with E-state index in [9.17, 15) is 0 Å². The van der Waals surface area contributed by atoms with Gasteiger partial charge in [0, 0.05) is 24.8 Å². The van der Waals surface area contributed by atoms with Gasteiger partial charge in [-0.25, -0.2) is 10.8 Å². The van der Waals surface area contributed by atoms with E-state index < -0.39 is 0 Å². The highest BCUT2D eigenvalue weighted by Gasteiger charge is 2.19. The number of nitrogens with two attached hydrogens (primary N) is 1. The van der Waals surface area contributed by atoms with Crippen LogP contribution in [0.4, 0.5) is 11.8 Å². The zero-order valence-corrected chi connectivity index (χ0v) is 10.4. The molecule has 4 N–H and O–H groups in total. The van der Waals surface area contributed by atoms with Crippen molar-refractivity contribution in [1.82, 2.24) is 14.9 Å². The molecule has 1 aromatic heterocycles. The lowest BCUT2D eigenvalue weighted by atomic mass is 10.1. The fraction of sp³-hybridized carbons (Fsp3) is 0.636. The molecule has 1 fully saturated rings. The number of nitrogens with zero attached hydrogens (tertiary/aromatic N) is 3. The van der Waals surface area contributed by atoms with Gasteiger partial charge >= 0.3 is 0 Å². The molecule has 6 heteroatoms. The van der Waals surface area contributed by atoms with Crippen molar-refractivity contribution in [2.24, 2.45) is 11.8 Å². The Bertz CT molecular complexity index is 380. The molecule has 1 saturated heterocycles. The zero-order valence-electron chi connectivity index (χ0n) is 10.4. The summed E-state index contributed by atoms with van der Waals surface area (Å²) in [5.74, 6) is 7.30. The fourth-order valence-electron chi connectivity index (χ4n) is 2.17. The van der Waals surface area contributed by atoms with Crippen molar-refractivity contribution < 1.29 is 0 Å². The van der Waals surface area contributed by atoms with Crippen LogP contribution in [0.15, 0.2) is 6.07 Å². The van der Waals surface area contributed by atoms with Gasteiger partial charge in [0.15, 0.2) is 0 Å². The number of nitrogen functional groups attached to an aromatic ring is 1. The highest BCUT2D eigenvalue weighted by Crippen LogP contribution is 2.15. The minimum atomic E-state index is 0.455. The quantitative estimate of drug-likeness (QED) is 0.520. The van der Waals surface area contributed by atoms with Crippen LogP contribution in [0, 0.1) is 12.8 Å². The Kier molecular flexibility index (Phi) is 3.75. The first-order valence-corrected chi connectivity index (χ1v) is 5.92. The number of hydrogen-bond acceptors (Lipinski definition) is 6. The van der Waals surface area contributed by atoms with Gasteiger partial charge in [0.25, 0.3) is 0 Å². The lowest BCUT2D eigenvalue weighted by Gasteiger charge is -2.13. The van der Waals surface area contributed by atoms with E-state index in [0.717, 1.165) is 24.6 Å². The van der Waals surface area contributed by atoms with Crippen LogP contribution in [0.1, 0.15) is 12.1 Å². The number of anilines is 2. The van der Waals surface area contributed by atoms with E-state index in [1.165, 1.54) is 13.0 Å². The number of likely N-dealkylation sites (tertiary alicyclic amines) is 1. The standard InChI is InChI=1S/C11H20N6/c1-8-5-10(15-11(14-8)16-12)13-6-9-3-4-17(2)7-9/h5,9H,3-4,6-7,12H2,1-2H3,(H2,13,14,15,16). The predicted molar refractivity (Wildman–Crippen MR) is 68.7 cm³/mol. The summed E-state index contributed by atoms with van der Waals surface area (Å²) in [5.41, 5.74) is 3.37. The van der Waals surface area contributed by atoms with Gasteiger partial charge in [-0.2, -0.15) is 4.98 Å². The molecule has 1 unspecified atom stereocenters. The van der Waals surface area contributed by atoms with Crippen LogP contribution < -0.4 is 16.6 Å². The average molecular weight is 236 g/mol. The molecule has 6 nitrogen and oxygen atoms in total. The van der Waals surface area contributed by atoms with Crippen LogP contribution in [-0.2, 0) is 0 Å². The van der Waals surface area contributed by atoms with Gasteiger partial charge in [0.05, 0.1) is 0 Å². The highest BCUT2D eigenvalue weighted by atomic mass is 15.3. The predicted octanol–water partition coefficient (Wildman–Crippen LogP) is 0.434. The summed E-state index contributed by atoms with van der Waals surface area (Å²) in [6, 6.07) is 1.93.